The summed E-state index contributed by atoms with van der Waals surface area (Å²) in [5.41, 5.74) is 5.63. The van der Waals surface area contributed by atoms with Crippen LogP contribution >= 0.6 is 0 Å². The van der Waals surface area contributed by atoms with Crippen molar-refractivity contribution in [2.45, 2.75) is 50.3 Å². The molecule has 8 heteroatoms. The van der Waals surface area contributed by atoms with Crippen LogP contribution in [0.4, 0.5) is 0 Å². The normalized spacial score (nSPS) is 25.8. The zero-order chi connectivity index (χ0) is 18.2. The molecule has 2 unspecified atom stereocenters. The minimum Gasteiger partial charge on any atom is -0.378 e. The first kappa shape index (κ1) is 18.9. The van der Waals surface area contributed by atoms with Crippen molar-refractivity contribution in [1.29, 1.82) is 0 Å². The van der Waals surface area contributed by atoms with Gasteiger partial charge in [0.15, 0.2) is 0 Å². The number of hydrogen-bond acceptors (Lipinski definition) is 5. The molecule has 0 bridgehead atoms. The lowest BCUT2D eigenvalue weighted by atomic mass is 9.54. The fourth-order valence-electron chi connectivity index (χ4n) is 2.96. The highest BCUT2D eigenvalue weighted by atomic mass is 32.2. The molecular weight excluding hydrogens is 330 g/mol. The second-order valence-electron chi connectivity index (χ2n) is 6.71. The molecule has 5 N–H and O–H groups in total. The van der Waals surface area contributed by atoms with Crippen LogP contribution in [0.25, 0.3) is 0 Å². The van der Waals surface area contributed by atoms with Crippen LogP contribution in [0.5, 0.6) is 0 Å². The van der Waals surface area contributed by atoms with Gasteiger partial charge in [-0.3, -0.25) is 4.79 Å². The Morgan fingerprint density at radius 3 is 2.38 bits per heavy atom. The molecule has 1 amide bonds. The SMILES string of the molecule is CCOC1CC(N)(C(=O)NCc2ccc(S(N)(=O)=O)cc2)C1(C)C. The summed E-state index contributed by atoms with van der Waals surface area (Å²) in [6.07, 6.45) is 0.441. The van der Waals surface area contributed by atoms with Crippen LogP contribution in [0.1, 0.15) is 32.8 Å². The van der Waals surface area contributed by atoms with Crippen molar-refractivity contribution in [2.24, 2.45) is 16.3 Å². The summed E-state index contributed by atoms with van der Waals surface area (Å²) >= 11 is 0. The summed E-state index contributed by atoms with van der Waals surface area (Å²) in [4.78, 5) is 12.5. The number of nitrogens with two attached hydrogens (primary N) is 2. The van der Waals surface area contributed by atoms with E-state index in [1.165, 1.54) is 12.1 Å². The van der Waals surface area contributed by atoms with Crippen LogP contribution in [0, 0.1) is 5.41 Å². The number of amides is 1. The Hall–Kier alpha value is -1.48. The van der Waals surface area contributed by atoms with E-state index in [2.05, 4.69) is 5.32 Å². The van der Waals surface area contributed by atoms with Crippen LogP contribution < -0.4 is 16.2 Å². The zero-order valence-corrected chi connectivity index (χ0v) is 15.0. The monoisotopic (exact) mass is 355 g/mol. The Bertz CT molecular complexity index is 715. The van der Waals surface area contributed by atoms with Crippen LogP contribution in [0.15, 0.2) is 29.2 Å². The highest BCUT2D eigenvalue weighted by molar-refractivity contribution is 7.89. The number of primary sulfonamides is 1. The molecule has 1 aliphatic rings. The van der Waals surface area contributed by atoms with Gasteiger partial charge in [0, 0.05) is 25.0 Å². The van der Waals surface area contributed by atoms with Gasteiger partial charge >= 0.3 is 0 Å². The second kappa shape index (κ2) is 6.44. The van der Waals surface area contributed by atoms with Crippen molar-refractivity contribution >= 4 is 15.9 Å². The molecular formula is C16H25N3O4S. The Kier molecular flexibility index (Phi) is 5.06. The molecule has 134 valence electrons. The molecule has 1 saturated carbocycles. The molecule has 0 heterocycles. The van der Waals surface area contributed by atoms with E-state index < -0.39 is 21.0 Å². The summed E-state index contributed by atoms with van der Waals surface area (Å²) in [6, 6.07) is 6.04. The second-order valence-corrected chi connectivity index (χ2v) is 8.27. The van der Waals surface area contributed by atoms with Crippen molar-refractivity contribution in [3.05, 3.63) is 29.8 Å². The molecule has 24 heavy (non-hydrogen) atoms. The number of carbonyl (C=O) groups is 1. The fourth-order valence-corrected chi connectivity index (χ4v) is 3.47. The standard InChI is InChI=1S/C16H25N3O4S/c1-4-23-13-9-16(17,15(13,2)3)14(20)19-10-11-5-7-12(8-6-11)24(18,21)22/h5-8,13H,4,9-10,17H2,1-3H3,(H,19,20)(H2,18,21,22). The minimum absolute atomic E-state index is 0.0348. The average molecular weight is 355 g/mol. The number of benzene rings is 1. The topological polar surface area (TPSA) is 125 Å². The maximum Gasteiger partial charge on any atom is 0.241 e. The van der Waals surface area contributed by atoms with E-state index in [1.807, 2.05) is 20.8 Å². The predicted octanol–water partition coefficient (Wildman–Crippen LogP) is 0.483. The van der Waals surface area contributed by atoms with Crippen molar-refractivity contribution in [1.82, 2.24) is 5.32 Å². The van der Waals surface area contributed by atoms with E-state index in [-0.39, 0.29) is 23.5 Å². The lowest BCUT2D eigenvalue weighted by molar-refractivity contribution is -0.170. The average Bonchev–Trinajstić information content (AvgIpc) is 2.51. The van der Waals surface area contributed by atoms with E-state index in [1.54, 1.807) is 12.1 Å². The van der Waals surface area contributed by atoms with Crippen LogP contribution in [0.2, 0.25) is 0 Å². The first-order chi connectivity index (χ1) is 11.0. The summed E-state index contributed by atoms with van der Waals surface area (Å²) < 4.78 is 28.1. The highest BCUT2D eigenvalue weighted by Crippen LogP contribution is 2.49. The van der Waals surface area contributed by atoms with Gasteiger partial charge in [-0.2, -0.15) is 0 Å². The Balaban J connectivity index is 1.99. The molecule has 2 atom stereocenters. The molecule has 0 aliphatic heterocycles. The van der Waals surface area contributed by atoms with Crippen LogP contribution in [-0.2, 0) is 26.1 Å². The number of hydrogen-bond donors (Lipinski definition) is 3. The third-order valence-electron chi connectivity index (χ3n) is 4.94. The highest BCUT2D eigenvalue weighted by Gasteiger charge is 2.62. The summed E-state index contributed by atoms with van der Waals surface area (Å²) in [6.45, 7) is 6.62. The van der Waals surface area contributed by atoms with Crippen LogP contribution in [0.3, 0.4) is 0 Å². The van der Waals surface area contributed by atoms with Gasteiger partial charge in [-0.25, -0.2) is 13.6 Å². The third kappa shape index (κ3) is 3.32. The molecule has 0 spiro atoms. The van der Waals surface area contributed by atoms with Crippen LogP contribution in [-0.4, -0.2) is 32.6 Å². The van der Waals surface area contributed by atoms with E-state index in [0.717, 1.165) is 5.56 Å². The van der Waals surface area contributed by atoms with Gasteiger partial charge in [-0.15, -0.1) is 0 Å². The first-order valence-corrected chi connectivity index (χ1v) is 9.37. The molecule has 0 radical (unpaired) electrons. The van der Waals surface area contributed by atoms with E-state index in [9.17, 15) is 13.2 Å². The Morgan fingerprint density at radius 1 is 1.33 bits per heavy atom. The lowest BCUT2D eigenvalue weighted by Crippen LogP contribution is -2.75. The van der Waals surface area contributed by atoms with Gasteiger partial charge in [0.05, 0.1) is 11.0 Å². The third-order valence-corrected chi connectivity index (χ3v) is 5.87. The summed E-state index contributed by atoms with van der Waals surface area (Å²) in [5.74, 6) is -0.237. The molecule has 0 aromatic heterocycles. The lowest BCUT2D eigenvalue weighted by Gasteiger charge is -2.57. The molecule has 0 saturated heterocycles. The quantitative estimate of drug-likeness (QED) is 0.685. The van der Waals surface area contributed by atoms with E-state index in [4.69, 9.17) is 15.6 Å². The number of sulfonamides is 1. The molecule has 1 aromatic carbocycles. The Labute approximate surface area is 142 Å². The van der Waals surface area contributed by atoms with Crippen molar-refractivity contribution in [3.63, 3.8) is 0 Å². The van der Waals surface area contributed by atoms with Gasteiger partial charge < -0.3 is 15.8 Å². The Morgan fingerprint density at radius 2 is 1.92 bits per heavy atom. The van der Waals surface area contributed by atoms with Crippen molar-refractivity contribution in [2.75, 3.05) is 6.61 Å². The number of ether oxygens (including phenoxy) is 1. The molecule has 7 nitrogen and oxygen atoms in total. The first-order valence-electron chi connectivity index (χ1n) is 7.83. The van der Waals surface area contributed by atoms with Crippen molar-refractivity contribution in [3.8, 4) is 0 Å². The molecule has 1 aliphatic carbocycles. The maximum atomic E-state index is 12.5. The van der Waals surface area contributed by atoms with Gasteiger partial charge in [-0.1, -0.05) is 26.0 Å². The fraction of sp³-hybridized carbons (Fsp3) is 0.562. The number of nitrogens with one attached hydrogen (secondary N) is 1. The smallest absolute Gasteiger partial charge is 0.241 e. The predicted molar refractivity (Wildman–Crippen MR) is 90.4 cm³/mol. The minimum atomic E-state index is -3.72. The number of carbonyl (C=O) groups excluding carboxylic acids is 1. The maximum absolute atomic E-state index is 12.5. The zero-order valence-electron chi connectivity index (χ0n) is 14.2. The summed E-state index contributed by atoms with van der Waals surface area (Å²) in [5, 5.41) is 7.87. The molecule has 2 rings (SSSR count). The van der Waals surface area contributed by atoms with E-state index in [0.29, 0.717) is 13.0 Å². The van der Waals surface area contributed by atoms with Gasteiger partial charge in [0.1, 0.15) is 5.54 Å². The summed E-state index contributed by atoms with van der Waals surface area (Å²) in [7, 11) is -3.72. The molecule has 1 fully saturated rings. The van der Waals surface area contributed by atoms with Gasteiger partial charge in [-0.05, 0) is 24.6 Å². The number of rotatable bonds is 6. The van der Waals surface area contributed by atoms with Gasteiger partial charge in [0.2, 0.25) is 15.9 Å². The van der Waals surface area contributed by atoms with E-state index >= 15 is 0 Å². The van der Waals surface area contributed by atoms with Crippen molar-refractivity contribution < 1.29 is 17.9 Å². The largest absolute Gasteiger partial charge is 0.378 e. The molecule has 1 aromatic rings. The van der Waals surface area contributed by atoms with Gasteiger partial charge in [0.25, 0.3) is 0 Å².